The maximum Gasteiger partial charge on any atom is 0.225 e. The summed E-state index contributed by atoms with van der Waals surface area (Å²) in [6.07, 6.45) is 2.66. The van der Waals surface area contributed by atoms with Gasteiger partial charge in [-0.3, -0.25) is 9.59 Å². The molecular formula is C21H30O4. The molecule has 3 aliphatic carbocycles. The minimum absolute atomic E-state index is 0.0328. The van der Waals surface area contributed by atoms with E-state index < -0.39 is 6.10 Å². The van der Waals surface area contributed by atoms with Crippen molar-refractivity contribution in [1.82, 2.24) is 0 Å². The summed E-state index contributed by atoms with van der Waals surface area (Å²) in [5, 5.41) is 10.8. The molecule has 1 saturated carbocycles. The quantitative estimate of drug-likeness (QED) is 0.776. The van der Waals surface area contributed by atoms with Gasteiger partial charge >= 0.3 is 0 Å². The maximum absolute atomic E-state index is 13.4. The smallest absolute Gasteiger partial charge is 0.225 e. The lowest BCUT2D eigenvalue weighted by Gasteiger charge is -2.56. The van der Waals surface area contributed by atoms with Gasteiger partial charge in [0, 0.05) is 22.1 Å². The van der Waals surface area contributed by atoms with Crippen molar-refractivity contribution in [3.8, 4) is 0 Å². The third kappa shape index (κ3) is 2.44. The maximum atomic E-state index is 13.4. The fourth-order valence-corrected chi connectivity index (χ4v) is 5.67. The number of methoxy groups -OCH3 is 1. The first-order valence-corrected chi connectivity index (χ1v) is 9.36. The summed E-state index contributed by atoms with van der Waals surface area (Å²) in [6.45, 7) is 10.3. The van der Waals surface area contributed by atoms with Crippen LogP contribution < -0.4 is 0 Å². The Balaban J connectivity index is 2.23. The lowest BCUT2D eigenvalue weighted by Crippen LogP contribution is -2.52. The van der Waals surface area contributed by atoms with Crippen LogP contribution in [0.25, 0.3) is 0 Å². The summed E-state index contributed by atoms with van der Waals surface area (Å²) in [5.41, 5.74) is 0.920. The van der Waals surface area contributed by atoms with Crippen molar-refractivity contribution >= 4 is 11.6 Å². The van der Waals surface area contributed by atoms with Crippen LogP contribution in [0.5, 0.6) is 0 Å². The zero-order valence-electron chi connectivity index (χ0n) is 16.2. The second kappa shape index (κ2) is 5.80. The van der Waals surface area contributed by atoms with E-state index in [1.807, 2.05) is 13.8 Å². The predicted octanol–water partition coefficient (Wildman–Crippen LogP) is 3.59. The topological polar surface area (TPSA) is 63.6 Å². The molecule has 25 heavy (non-hydrogen) atoms. The van der Waals surface area contributed by atoms with Crippen molar-refractivity contribution in [2.75, 3.05) is 7.11 Å². The monoisotopic (exact) mass is 346 g/mol. The number of carbonyl (C=O) groups is 2. The highest BCUT2D eigenvalue weighted by Crippen LogP contribution is 2.61. The van der Waals surface area contributed by atoms with Gasteiger partial charge in [0.2, 0.25) is 5.78 Å². The van der Waals surface area contributed by atoms with Crippen LogP contribution in [-0.2, 0) is 14.3 Å². The zero-order valence-corrected chi connectivity index (χ0v) is 16.2. The Labute approximate surface area is 150 Å². The number of ether oxygens (including phenoxy) is 1. The van der Waals surface area contributed by atoms with E-state index >= 15 is 0 Å². The van der Waals surface area contributed by atoms with Gasteiger partial charge in [0.1, 0.15) is 0 Å². The van der Waals surface area contributed by atoms with E-state index in [0.717, 1.165) is 19.3 Å². The van der Waals surface area contributed by atoms with E-state index in [-0.39, 0.29) is 40.0 Å². The van der Waals surface area contributed by atoms with Crippen molar-refractivity contribution in [3.05, 3.63) is 22.5 Å². The molecular weight excluding hydrogens is 316 g/mol. The molecule has 4 nitrogen and oxygen atoms in total. The number of fused-ring (bicyclic) bond motifs is 2. The van der Waals surface area contributed by atoms with Crippen LogP contribution in [0.2, 0.25) is 0 Å². The number of hydrogen-bond donors (Lipinski definition) is 1. The van der Waals surface area contributed by atoms with Crippen LogP contribution in [0.3, 0.4) is 0 Å². The number of Topliss-reactive ketones (excluding diaryl/α,β-unsaturated/α-hetero) is 2. The SMILES string of the molecule is COC1=C(C(C)C)C(=O)C2=C(C1=O)[C@@]1(C)CCCC(C)(C)[C@@H]1C[C@H]2O. The lowest BCUT2D eigenvalue weighted by atomic mass is 9.48. The van der Waals surface area contributed by atoms with Crippen LogP contribution in [0.4, 0.5) is 0 Å². The van der Waals surface area contributed by atoms with E-state index in [2.05, 4.69) is 20.8 Å². The Morgan fingerprint density at radius 3 is 2.32 bits per heavy atom. The van der Waals surface area contributed by atoms with Gasteiger partial charge in [-0.1, -0.05) is 41.0 Å². The third-order valence-electron chi connectivity index (χ3n) is 6.81. The minimum atomic E-state index is -0.867. The largest absolute Gasteiger partial charge is 0.492 e. The fourth-order valence-electron chi connectivity index (χ4n) is 5.67. The van der Waals surface area contributed by atoms with Gasteiger partial charge in [-0.05, 0) is 36.5 Å². The van der Waals surface area contributed by atoms with Gasteiger partial charge in [0.25, 0.3) is 0 Å². The molecule has 0 aromatic carbocycles. The van der Waals surface area contributed by atoms with E-state index in [1.165, 1.54) is 7.11 Å². The van der Waals surface area contributed by atoms with Gasteiger partial charge in [0.05, 0.1) is 13.2 Å². The molecule has 0 aromatic rings. The summed E-state index contributed by atoms with van der Waals surface area (Å²) in [5.74, 6) is -0.156. The second-order valence-electron chi connectivity index (χ2n) is 9.11. The Bertz CT molecular complexity index is 695. The number of allylic oxidation sites excluding steroid dienone is 2. The molecule has 0 amide bonds. The molecule has 0 radical (unpaired) electrons. The number of aliphatic hydroxyl groups is 1. The number of aliphatic hydroxyl groups excluding tert-OH is 1. The Hall–Kier alpha value is -1.42. The van der Waals surface area contributed by atoms with Crippen LogP contribution in [0.15, 0.2) is 22.5 Å². The molecule has 1 fully saturated rings. The average Bonchev–Trinajstić information content (AvgIpc) is 2.50. The predicted molar refractivity (Wildman–Crippen MR) is 95.8 cm³/mol. The summed E-state index contributed by atoms with van der Waals surface area (Å²) in [6, 6.07) is 0. The molecule has 3 atom stereocenters. The molecule has 1 N–H and O–H groups in total. The zero-order chi connectivity index (χ0) is 18.7. The molecule has 0 heterocycles. The second-order valence-corrected chi connectivity index (χ2v) is 9.11. The highest BCUT2D eigenvalue weighted by molar-refractivity contribution is 6.25. The van der Waals surface area contributed by atoms with E-state index in [0.29, 0.717) is 23.1 Å². The molecule has 3 aliphatic rings. The Kier molecular flexibility index (Phi) is 4.26. The van der Waals surface area contributed by atoms with Gasteiger partial charge in [-0.15, -0.1) is 0 Å². The standard InChI is InChI=1S/C21H30O4/c1-11(2)14-17(23)15-12(22)10-13-20(3,4)8-7-9-21(13,5)16(15)18(24)19(14)25-6/h11-13,22H,7-10H2,1-6H3/t12-,13+,21+/m1/s1. The van der Waals surface area contributed by atoms with Crippen molar-refractivity contribution in [2.24, 2.45) is 22.7 Å². The number of ketones is 2. The van der Waals surface area contributed by atoms with Crippen molar-refractivity contribution in [3.63, 3.8) is 0 Å². The first kappa shape index (κ1) is 18.4. The van der Waals surface area contributed by atoms with Gasteiger partial charge < -0.3 is 9.84 Å². The Morgan fingerprint density at radius 2 is 1.76 bits per heavy atom. The van der Waals surface area contributed by atoms with Gasteiger partial charge in [0.15, 0.2) is 11.5 Å². The highest BCUT2D eigenvalue weighted by Gasteiger charge is 2.57. The van der Waals surface area contributed by atoms with Crippen LogP contribution in [0.1, 0.15) is 60.3 Å². The third-order valence-corrected chi connectivity index (χ3v) is 6.81. The van der Waals surface area contributed by atoms with E-state index in [4.69, 9.17) is 4.74 Å². The molecule has 0 aromatic heterocycles. The van der Waals surface area contributed by atoms with Crippen LogP contribution in [-0.4, -0.2) is 29.9 Å². The van der Waals surface area contributed by atoms with Crippen molar-refractivity contribution in [2.45, 2.75) is 66.4 Å². The molecule has 3 rings (SSSR count). The van der Waals surface area contributed by atoms with E-state index in [9.17, 15) is 14.7 Å². The van der Waals surface area contributed by atoms with Crippen molar-refractivity contribution < 1.29 is 19.4 Å². The number of carbonyl (C=O) groups excluding carboxylic acids is 2. The highest BCUT2D eigenvalue weighted by atomic mass is 16.5. The van der Waals surface area contributed by atoms with Crippen LogP contribution >= 0.6 is 0 Å². The number of hydrogen-bond acceptors (Lipinski definition) is 4. The summed E-state index contributed by atoms with van der Waals surface area (Å²) in [7, 11) is 1.46. The first-order valence-electron chi connectivity index (χ1n) is 9.36. The summed E-state index contributed by atoms with van der Waals surface area (Å²) >= 11 is 0. The van der Waals surface area contributed by atoms with Crippen LogP contribution in [0, 0.1) is 22.7 Å². The molecule has 138 valence electrons. The van der Waals surface area contributed by atoms with Crippen molar-refractivity contribution in [1.29, 1.82) is 0 Å². The Morgan fingerprint density at radius 1 is 1.12 bits per heavy atom. The molecule has 0 bridgehead atoms. The normalized spacial score (nSPS) is 35.0. The summed E-state index contributed by atoms with van der Waals surface area (Å²) in [4.78, 5) is 26.6. The summed E-state index contributed by atoms with van der Waals surface area (Å²) < 4.78 is 5.40. The molecule has 0 unspecified atom stereocenters. The minimum Gasteiger partial charge on any atom is -0.492 e. The average molecular weight is 346 g/mol. The molecule has 4 heteroatoms. The molecule has 0 spiro atoms. The fraction of sp³-hybridized carbons (Fsp3) is 0.714. The molecule has 0 saturated heterocycles. The van der Waals surface area contributed by atoms with E-state index in [1.54, 1.807) is 0 Å². The van der Waals surface area contributed by atoms with Gasteiger partial charge in [-0.25, -0.2) is 0 Å². The lowest BCUT2D eigenvalue weighted by molar-refractivity contribution is -0.124. The first-order chi connectivity index (χ1) is 11.6. The number of rotatable bonds is 2. The van der Waals surface area contributed by atoms with Gasteiger partial charge in [-0.2, -0.15) is 0 Å². The molecule has 0 aliphatic heterocycles.